The topological polar surface area (TPSA) is 32.3 Å². The Morgan fingerprint density at radius 3 is 2.81 bits per heavy atom. The van der Waals surface area contributed by atoms with E-state index in [2.05, 4.69) is 5.32 Å². The zero-order valence-electron chi connectivity index (χ0n) is 14.1. The maximum absolute atomic E-state index is 13.7. The molecular weight excluding hydrogens is 381 g/mol. The minimum absolute atomic E-state index is 0. The summed E-state index contributed by atoms with van der Waals surface area (Å²) in [4.78, 5) is 14.5. The molecule has 2 aromatic carbocycles. The molecule has 0 aromatic heterocycles. The number of rotatable bonds is 4. The average molecular weight is 401 g/mol. The molecule has 1 N–H and O–H groups in total. The molecule has 0 saturated carbocycles. The van der Waals surface area contributed by atoms with Gasteiger partial charge in [-0.25, -0.2) is 8.78 Å². The van der Waals surface area contributed by atoms with Crippen LogP contribution >= 0.6 is 24.0 Å². The van der Waals surface area contributed by atoms with Crippen molar-refractivity contribution in [2.24, 2.45) is 0 Å². The molecule has 26 heavy (non-hydrogen) atoms. The van der Waals surface area contributed by atoms with E-state index in [-0.39, 0.29) is 42.8 Å². The molecule has 1 heterocycles. The number of carbonyl (C=O) groups is 1. The first-order valence-corrected chi connectivity index (χ1v) is 8.62. The van der Waals surface area contributed by atoms with Crippen molar-refractivity contribution in [3.63, 3.8) is 0 Å². The molecular formula is C19H20Cl2F2N2O. The van der Waals surface area contributed by atoms with Crippen molar-refractivity contribution < 1.29 is 13.6 Å². The lowest BCUT2D eigenvalue weighted by Gasteiger charge is -2.36. The van der Waals surface area contributed by atoms with Crippen LogP contribution in [0.25, 0.3) is 0 Å². The Morgan fingerprint density at radius 2 is 2.04 bits per heavy atom. The largest absolute Gasteiger partial charge is 0.333 e. The smallest absolute Gasteiger partial charge is 0.223 e. The van der Waals surface area contributed by atoms with Gasteiger partial charge in [-0.05, 0) is 47.9 Å². The van der Waals surface area contributed by atoms with Gasteiger partial charge in [0.2, 0.25) is 5.91 Å². The summed E-state index contributed by atoms with van der Waals surface area (Å²) in [5, 5.41) is 3.90. The molecule has 0 radical (unpaired) electrons. The lowest BCUT2D eigenvalue weighted by Crippen LogP contribution is -2.48. The van der Waals surface area contributed by atoms with Crippen LogP contribution in [0.2, 0.25) is 5.02 Å². The molecule has 3 nitrogen and oxygen atoms in total. The van der Waals surface area contributed by atoms with Gasteiger partial charge in [0, 0.05) is 31.1 Å². The molecule has 1 aliphatic rings. The first-order chi connectivity index (χ1) is 12.0. The van der Waals surface area contributed by atoms with Crippen molar-refractivity contribution in [1.29, 1.82) is 0 Å². The predicted molar refractivity (Wildman–Crippen MR) is 101 cm³/mol. The lowest BCUT2D eigenvalue weighted by atomic mass is 10.0. The molecule has 140 valence electrons. The molecule has 1 atom stereocenters. The van der Waals surface area contributed by atoms with Crippen molar-refractivity contribution >= 4 is 29.9 Å². The summed E-state index contributed by atoms with van der Waals surface area (Å²) < 4.78 is 27.0. The fraction of sp³-hybridized carbons (Fsp3) is 0.316. The summed E-state index contributed by atoms with van der Waals surface area (Å²) in [6.07, 6.45) is 0.312. The lowest BCUT2D eigenvalue weighted by molar-refractivity contribution is -0.134. The van der Waals surface area contributed by atoms with Crippen molar-refractivity contribution in [2.75, 3.05) is 19.6 Å². The van der Waals surface area contributed by atoms with Gasteiger partial charge in [0.05, 0.1) is 6.04 Å². The Labute approximate surface area is 162 Å². The molecule has 1 unspecified atom stereocenters. The fourth-order valence-electron chi connectivity index (χ4n) is 3.13. The van der Waals surface area contributed by atoms with E-state index in [9.17, 15) is 13.6 Å². The minimum atomic E-state index is -0.497. The molecule has 0 spiro atoms. The summed E-state index contributed by atoms with van der Waals surface area (Å²) in [6.45, 7) is 1.92. The van der Waals surface area contributed by atoms with E-state index in [1.54, 1.807) is 11.0 Å². The molecule has 0 bridgehead atoms. The molecule has 1 saturated heterocycles. The predicted octanol–water partition coefficient (Wildman–Crippen LogP) is 4.15. The van der Waals surface area contributed by atoms with Gasteiger partial charge < -0.3 is 10.2 Å². The number of hydrogen-bond acceptors (Lipinski definition) is 2. The highest BCUT2D eigenvalue weighted by Crippen LogP contribution is 2.25. The number of nitrogens with one attached hydrogen (secondary N) is 1. The zero-order valence-corrected chi connectivity index (χ0v) is 15.6. The quantitative estimate of drug-likeness (QED) is 0.835. The molecule has 1 amide bonds. The van der Waals surface area contributed by atoms with Crippen LogP contribution in [0.15, 0.2) is 42.5 Å². The van der Waals surface area contributed by atoms with Crippen molar-refractivity contribution in [2.45, 2.75) is 18.9 Å². The number of halogens is 4. The maximum atomic E-state index is 13.7. The van der Waals surface area contributed by atoms with E-state index in [1.807, 2.05) is 18.2 Å². The highest BCUT2D eigenvalue weighted by atomic mass is 35.5. The highest BCUT2D eigenvalue weighted by Gasteiger charge is 2.27. The van der Waals surface area contributed by atoms with Crippen LogP contribution in [0.4, 0.5) is 8.78 Å². The summed E-state index contributed by atoms with van der Waals surface area (Å²) in [5.41, 5.74) is 1.19. The SMILES string of the molecule is Cl.O=C(CCc1cc(F)ccc1F)N1CCNCC1c1cccc(Cl)c1. The third-order valence-corrected chi connectivity index (χ3v) is 4.65. The molecule has 0 aliphatic carbocycles. The summed E-state index contributed by atoms with van der Waals surface area (Å²) in [5.74, 6) is -1.06. The molecule has 1 fully saturated rings. The van der Waals surface area contributed by atoms with E-state index in [0.29, 0.717) is 24.7 Å². The normalized spacial score (nSPS) is 16.9. The second kappa shape index (κ2) is 9.31. The Kier molecular flexibility index (Phi) is 7.38. The number of nitrogens with zero attached hydrogens (tertiary/aromatic N) is 1. The van der Waals surface area contributed by atoms with Crippen LogP contribution in [-0.4, -0.2) is 30.4 Å². The number of amides is 1. The van der Waals surface area contributed by atoms with E-state index >= 15 is 0 Å². The van der Waals surface area contributed by atoms with Crippen molar-refractivity contribution in [3.05, 3.63) is 70.2 Å². The van der Waals surface area contributed by atoms with E-state index in [4.69, 9.17) is 11.6 Å². The fourth-order valence-corrected chi connectivity index (χ4v) is 3.33. The van der Waals surface area contributed by atoms with Crippen LogP contribution in [0.5, 0.6) is 0 Å². The van der Waals surface area contributed by atoms with Crippen LogP contribution in [0.3, 0.4) is 0 Å². The number of benzene rings is 2. The van der Waals surface area contributed by atoms with Crippen LogP contribution in [0.1, 0.15) is 23.6 Å². The third-order valence-electron chi connectivity index (χ3n) is 4.41. The molecule has 7 heteroatoms. The van der Waals surface area contributed by atoms with Gasteiger partial charge in [0.25, 0.3) is 0 Å². The Morgan fingerprint density at radius 1 is 1.23 bits per heavy atom. The Bertz CT molecular complexity index is 773. The Hall–Kier alpha value is -1.69. The number of hydrogen-bond donors (Lipinski definition) is 1. The van der Waals surface area contributed by atoms with Gasteiger partial charge in [-0.2, -0.15) is 0 Å². The van der Waals surface area contributed by atoms with Crippen molar-refractivity contribution in [3.8, 4) is 0 Å². The van der Waals surface area contributed by atoms with Gasteiger partial charge in [-0.3, -0.25) is 4.79 Å². The molecule has 2 aromatic rings. The van der Waals surface area contributed by atoms with Gasteiger partial charge in [-0.15, -0.1) is 12.4 Å². The number of piperazine rings is 1. The van der Waals surface area contributed by atoms with Crippen molar-refractivity contribution in [1.82, 2.24) is 10.2 Å². The van der Waals surface area contributed by atoms with E-state index < -0.39 is 11.6 Å². The van der Waals surface area contributed by atoms with E-state index in [0.717, 1.165) is 23.8 Å². The minimum Gasteiger partial charge on any atom is -0.333 e. The summed E-state index contributed by atoms with van der Waals surface area (Å²) >= 11 is 6.06. The standard InChI is InChI=1S/C19H19ClF2N2O.ClH/c20-15-3-1-2-14(10-15)18-12-23-8-9-24(18)19(25)7-4-13-11-16(21)5-6-17(13)22;/h1-3,5-6,10-11,18,23H,4,7-9,12H2;1H. The summed E-state index contributed by atoms with van der Waals surface area (Å²) in [7, 11) is 0. The van der Waals surface area contributed by atoms with Gasteiger partial charge >= 0.3 is 0 Å². The van der Waals surface area contributed by atoms with Crippen LogP contribution in [-0.2, 0) is 11.2 Å². The first kappa shape index (κ1) is 20.6. The first-order valence-electron chi connectivity index (χ1n) is 8.24. The van der Waals surface area contributed by atoms with Crippen LogP contribution < -0.4 is 5.32 Å². The zero-order chi connectivity index (χ0) is 17.8. The van der Waals surface area contributed by atoms with Crippen LogP contribution in [0, 0.1) is 11.6 Å². The van der Waals surface area contributed by atoms with E-state index in [1.165, 1.54) is 0 Å². The van der Waals surface area contributed by atoms with Gasteiger partial charge in [0.1, 0.15) is 11.6 Å². The second-order valence-electron chi connectivity index (χ2n) is 6.10. The van der Waals surface area contributed by atoms with Gasteiger partial charge in [0.15, 0.2) is 0 Å². The molecule has 1 aliphatic heterocycles. The monoisotopic (exact) mass is 400 g/mol. The second-order valence-corrected chi connectivity index (χ2v) is 6.53. The van der Waals surface area contributed by atoms with Gasteiger partial charge in [-0.1, -0.05) is 23.7 Å². The number of carbonyl (C=O) groups excluding carboxylic acids is 1. The highest BCUT2D eigenvalue weighted by molar-refractivity contribution is 6.30. The average Bonchev–Trinajstić information content (AvgIpc) is 2.62. The molecule has 3 rings (SSSR count). The maximum Gasteiger partial charge on any atom is 0.223 e. The third kappa shape index (κ3) is 4.93. The Balaban J connectivity index is 0.00000243. The summed E-state index contributed by atoms with van der Waals surface area (Å²) in [6, 6.07) is 10.6. The number of aryl methyl sites for hydroxylation is 1.